The average Bonchev–Trinajstić information content (AvgIpc) is 2.47. The highest BCUT2D eigenvalue weighted by Crippen LogP contribution is 2.38. The normalized spacial score (nSPS) is 24.3. The number of carbonyl (C=O) groups is 2. The molecule has 1 amide bonds. The van der Waals surface area contributed by atoms with Gasteiger partial charge >= 0.3 is 5.97 Å². The lowest BCUT2D eigenvalue weighted by atomic mass is 9.77. The topological polar surface area (TPSA) is 57.6 Å². The first-order chi connectivity index (χ1) is 9.89. The molecule has 2 rings (SSSR count). The predicted molar refractivity (Wildman–Crippen MR) is 82.0 cm³/mol. The highest BCUT2D eigenvalue weighted by atomic mass is 35.5. The standard InChI is InChI=1S/C16H16ClNO3/c1-18(2)14(19)16(15(20)21)9-8-12(10-13(16)17)11-6-4-3-5-7-11/h3-10,13H,1-2H3,(H,20,21). The molecule has 1 aliphatic carbocycles. The number of hydrogen-bond donors (Lipinski definition) is 1. The first-order valence-electron chi connectivity index (χ1n) is 6.45. The Bertz CT molecular complexity index is 622. The van der Waals surface area contributed by atoms with Gasteiger partial charge in [0.25, 0.3) is 0 Å². The van der Waals surface area contributed by atoms with Gasteiger partial charge in [-0.3, -0.25) is 9.59 Å². The minimum absolute atomic E-state index is 0.547. The summed E-state index contributed by atoms with van der Waals surface area (Å²) in [6.45, 7) is 0. The smallest absolute Gasteiger partial charge is 0.325 e. The van der Waals surface area contributed by atoms with Gasteiger partial charge in [0, 0.05) is 14.1 Å². The zero-order valence-corrected chi connectivity index (χ0v) is 12.5. The van der Waals surface area contributed by atoms with Crippen LogP contribution >= 0.6 is 11.6 Å². The van der Waals surface area contributed by atoms with Crippen LogP contribution in [0.25, 0.3) is 5.57 Å². The Labute approximate surface area is 128 Å². The fourth-order valence-corrected chi connectivity index (χ4v) is 2.72. The lowest BCUT2D eigenvalue weighted by molar-refractivity contribution is -0.155. The molecular weight excluding hydrogens is 290 g/mol. The van der Waals surface area contributed by atoms with Gasteiger partial charge in [0.1, 0.15) is 0 Å². The van der Waals surface area contributed by atoms with Crippen molar-refractivity contribution in [2.45, 2.75) is 5.38 Å². The van der Waals surface area contributed by atoms with Gasteiger partial charge in [0.15, 0.2) is 5.41 Å². The number of carboxylic acids is 1. The molecule has 5 heteroatoms. The molecular formula is C16H16ClNO3. The van der Waals surface area contributed by atoms with Crippen molar-refractivity contribution in [1.82, 2.24) is 4.90 Å². The van der Waals surface area contributed by atoms with Crippen LogP contribution in [0.5, 0.6) is 0 Å². The van der Waals surface area contributed by atoms with E-state index in [0.717, 1.165) is 11.1 Å². The van der Waals surface area contributed by atoms with Crippen molar-refractivity contribution < 1.29 is 14.7 Å². The van der Waals surface area contributed by atoms with Crippen LogP contribution in [-0.4, -0.2) is 41.4 Å². The van der Waals surface area contributed by atoms with Crippen LogP contribution in [0.3, 0.4) is 0 Å². The quantitative estimate of drug-likeness (QED) is 0.689. The fourth-order valence-electron chi connectivity index (χ4n) is 2.32. The van der Waals surface area contributed by atoms with Gasteiger partial charge in [-0.15, -0.1) is 11.6 Å². The summed E-state index contributed by atoms with van der Waals surface area (Å²) in [6, 6.07) is 9.48. The Kier molecular flexibility index (Phi) is 4.19. The molecule has 0 spiro atoms. The predicted octanol–water partition coefficient (Wildman–Crippen LogP) is 2.41. The third-order valence-corrected chi connectivity index (χ3v) is 3.98. The van der Waals surface area contributed by atoms with Crippen LogP contribution < -0.4 is 0 Å². The van der Waals surface area contributed by atoms with Crippen molar-refractivity contribution in [2.24, 2.45) is 5.41 Å². The first kappa shape index (κ1) is 15.3. The van der Waals surface area contributed by atoms with E-state index < -0.39 is 22.7 Å². The summed E-state index contributed by atoms with van der Waals surface area (Å²) in [4.78, 5) is 25.2. The molecule has 0 heterocycles. The summed E-state index contributed by atoms with van der Waals surface area (Å²) in [6.07, 6.45) is 4.65. The molecule has 1 aromatic rings. The van der Waals surface area contributed by atoms with Crippen LogP contribution in [0.15, 0.2) is 48.6 Å². The Morgan fingerprint density at radius 3 is 2.33 bits per heavy atom. The number of rotatable bonds is 3. The summed E-state index contributed by atoms with van der Waals surface area (Å²) in [5, 5.41) is 8.57. The molecule has 1 aromatic carbocycles. The van der Waals surface area contributed by atoms with Gasteiger partial charge in [-0.05, 0) is 11.1 Å². The number of halogens is 1. The number of allylic oxidation sites excluding steroid dienone is 3. The lowest BCUT2D eigenvalue weighted by Gasteiger charge is -2.33. The van der Waals surface area contributed by atoms with Crippen molar-refractivity contribution in [3.63, 3.8) is 0 Å². The molecule has 2 atom stereocenters. The van der Waals surface area contributed by atoms with Crippen LogP contribution in [0.4, 0.5) is 0 Å². The van der Waals surface area contributed by atoms with Crippen molar-refractivity contribution in [1.29, 1.82) is 0 Å². The highest BCUT2D eigenvalue weighted by molar-refractivity contribution is 6.28. The van der Waals surface area contributed by atoms with E-state index in [1.165, 1.54) is 25.1 Å². The Morgan fingerprint density at radius 2 is 1.86 bits per heavy atom. The van der Waals surface area contributed by atoms with Crippen molar-refractivity contribution >= 4 is 29.1 Å². The summed E-state index contributed by atoms with van der Waals surface area (Å²) in [5.74, 6) is -1.80. The van der Waals surface area contributed by atoms with Crippen LogP contribution in [0.2, 0.25) is 0 Å². The number of hydrogen-bond acceptors (Lipinski definition) is 2. The number of aliphatic carboxylic acids is 1. The van der Waals surface area contributed by atoms with Gasteiger partial charge in [0.05, 0.1) is 5.38 Å². The summed E-state index contributed by atoms with van der Waals surface area (Å²) in [5.41, 5.74) is -0.0294. The van der Waals surface area contributed by atoms with Gasteiger partial charge < -0.3 is 10.0 Å². The maximum atomic E-state index is 12.3. The minimum atomic E-state index is -1.76. The minimum Gasteiger partial charge on any atom is -0.480 e. The van der Waals surface area contributed by atoms with Crippen molar-refractivity contribution in [2.75, 3.05) is 14.1 Å². The highest BCUT2D eigenvalue weighted by Gasteiger charge is 2.51. The molecule has 0 bridgehead atoms. The van der Waals surface area contributed by atoms with Crippen molar-refractivity contribution in [3.05, 3.63) is 54.1 Å². The zero-order chi connectivity index (χ0) is 15.6. The SMILES string of the molecule is CN(C)C(=O)C1(C(=O)O)C=CC(c2ccccc2)=CC1Cl. The molecule has 2 unspecified atom stereocenters. The van der Waals surface area contributed by atoms with Crippen LogP contribution in [0.1, 0.15) is 5.56 Å². The summed E-state index contributed by atoms with van der Waals surface area (Å²) in [7, 11) is 3.03. The van der Waals surface area contributed by atoms with E-state index >= 15 is 0 Å². The van der Waals surface area contributed by atoms with Gasteiger partial charge in [-0.1, -0.05) is 48.6 Å². The summed E-state index contributed by atoms with van der Waals surface area (Å²) >= 11 is 6.26. The lowest BCUT2D eigenvalue weighted by Crippen LogP contribution is -2.50. The van der Waals surface area contributed by atoms with Gasteiger partial charge in [0.2, 0.25) is 5.91 Å². The van der Waals surface area contributed by atoms with Crippen LogP contribution in [0, 0.1) is 5.41 Å². The molecule has 0 radical (unpaired) electrons. The second kappa shape index (κ2) is 5.74. The number of carbonyl (C=O) groups excluding carboxylic acids is 1. The molecule has 0 aliphatic heterocycles. The molecule has 0 aromatic heterocycles. The number of carboxylic acid groups (broad SMARTS) is 1. The molecule has 110 valence electrons. The van der Waals surface area contributed by atoms with Gasteiger partial charge in [-0.2, -0.15) is 0 Å². The second-order valence-electron chi connectivity index (χ2n) is 5.10. The first-order valence-corrected chi connectivity index (χ1v) is 6.89. The van der Waals surface area contributed by atoms with E-state index in [1.54, 1.807) is 12.2 Å². The van der Waals surface area contributed by atoms with E-state index in [-0.39, 0.29) is 0 Å². The summed E-state index contributed by atoms with van der Waals surface area (Å²) < 4.78 is 0. The number of benzene rings is 1. The molecule has 21 heavy (non-hydrogen) atoms. The fraction of sp³-hybridized carbons (Fsp3) is 0.250. The maximum absolute atomic E-state index is 12.3. The second-order valence-corrected chi connectivity index (χ2v) is 5.57. The molecule has 0 fully saturated rings. The van der Waals surface area contributed by atoms with E-state index in [2.05, 4.69) is 0 Å². The number of nitrogens with zero attached hydrogens (tertiary/aromatic N) is 1. The number of alkyl halides is 1. The van der Waals surface area contributed by atoms with E-state index in [4.69, 9.17) is 11.6 Å². The Balaban J connectivity index is 2.44. The molecule has 1 N–H and O–H groups in total. The maximum Gasteiger partial charge on any atom is 0.325 e. The third-order valence-electron chi connectivity index (χ3n) is 3.51. The average molecular weight is 306 g/mol. The van der Waals surface area contributed by atoms with E-state index in [0.29, 0.717) is 0 Å². The third kappa shape index (κ3) is 2.59. The van der Waals surface area contributed by atoms with Crippen LogP contribution in [-0.2, 0) is 9.59 Å². The largest absolute Gasteiger partial charge is 0.480 e. The zero-order valence-electron chi connectivity index (χ0n) is 11.8. The molecule has 0 saturated heterocycles. The van der Waals surface area contributed by atoms with E-state index in [1.807, 2.05) is 30.3 Å². The molecule has 1 aliphatic rings. The van der Waals surface area contributed by atoms with E-state index in [9.17, 15) is 14.7 Å². The van der Waals surface area contributed by atoms with Crippen molar-refractivity contribution in [3.8, 4) is 0 Å². The number of amides is 1. The Morgan fingerprint density at radius 1 is 1.24 bits per heavy atom. The van der Waals surface area contributed by atoms with Gasteiger partial charge in [-0.25, -0.2) is 0 Å². The Hall–Kier alpha value is -2.07. The molecule has 4 nitrogen and oxygen atoms in total. The monoisotopic (exact) mass is 305 g/mol. The molecule has 0 saturated carbocycles.